The topological polar surface area (TPSA) is 95.6 Å². The molecule has 196 valence electrons. The first-order valence-corrected chi connectivity index (χ1v) is 12.9. The molecule has 8 nitrogen and oxygen atoms in total. The Morgan fingerprint density at radius 3 is 2.24 bits per heavy atom. The van der Waals surface area contributed by atoms with E-state index in [4.69, 9.17) is 0 Å². The van der Waals surface area contributed by atoms with Crippen molar-refractivity contribution in [1.82, 2.24) is 29.1 Å². The Kier molecular flexibility index (Phi) is 5.66. The van der Waals surface area contributed by atoms with Crippen molar-refractivity contribution >= 4 is 21.0 Å². The molecule has 0 radical (unpaired) electrons. The van der Waals surface area contributed by atoms with Gasteiger partial charge < -0.3 is 9.13 Å². The first kappa shape index (κ1) is 25.2. The molecule has 0 aliphatic heterocycles. The molecule has 1 fully saturated rings. The van der Waals surface area contributed by atoms with Gasteiger partial charge in [-0.15, -0.1) is 0 Å². The second-order valence-corrected chi connectivity index (χ2v) is 11.1. The molecular weight excluding hydrogens is 519 g/mol. The monoisotopic (exact) mass is 540 g/mol. The predicted octanol–water partition coefficient (Wildman–Crippen LogP) is 4.76. The third-order valence-electron chi connectivity index (χ3n) is 6.40. The lowest BCUT2D eigenvalue weighted by Crippen LogP contribution is -2.33. The molecular formula is C23H21F5N6O2S. The Morgan fingerprint density at radius 1 is 0.973 bits per heavy atom. The lowest BCUT2D eigenvalue weighted by Gasteiger charge is -2.19. The number of aromatic nitrogens is 6. The lowest BCUT2D eigenvalue weighted by atomic mass is 10.1. The minimum atomic E-state index is -5.82. The number of halogens is 5. The lowest BCUT2D eigenvalue weighted by molar-refractivity contribution is -0.289. The molecule has 4 heterocycles. The van der Waals surface area contributed by atoms with Crippen LogP contribution in [0.3, 0.4) is 0 Å². The van der Waals surface area contributed by atoms with Gasteiger partial charge in [0, 0.05) is 43.7 Å². The van der Waals surface area contributed by atoms with Gasteiger partial charge in [0.2, 0.25) is 0 Å². The van der Waals surface area contributed by atoms with E-state index in [-0.39, 0.29) is 39.3 Å². The fourth-order valence-corrected chi connectivity index (χ4v) is 5.37. The summed E-state index contributed by atoms with van der Waals surface area (Å²) in [5.41, 5.74) is -0.236. The molecule has 0 atom stereocenters. The van der Waals surface area contributed by atoms with Crippen LogP contribution in [0.2, 0.25) is 0 Å². The molecule has 5 rings (SSSR count). The largest absolute Gasteiger partial charge is 0.458 e. The zero-order valence-electron chi connectivity index (χ0n) is 19.9. The highest BCUT2D eigenvalue weighted by atomic mass is 32.2. The van der Waals surface area contributed by atoms with E-state index in [0.717, 1.165) is 18.5 Å². The average molecular weight is 541 g/mol. The van der Waals surface area contributed by atoms with E-state index in [0.29, 0.717) is 23.7 Å². The van der Waals surface area contributed by atoms with Crippen LogP contribution in [0.15, 0.2) is 35.6 Å². The zero-order valence-corrected chi connectivity index (χ0v) is 20.7. The highest BCUT2D eigenvalue weighted by molar-refractivity contribution is 7.91. The third-order valence-corrected chi connectivity index (χ3v) is 8.21. The van der Waals surface area contributed by atoms with E-state index < -0.39 is 27.5 Å². The van der Waals surface area contributed by atoms with Crippen molar-refractivity contribution in [3.8, 4) is 22.9 Å². The molecule has 1 aliphatic rings. The number of hydrogen-bond donors (Lipinski definition) is 0. The van der Waals surface area contributed by atoms with Crippen LogP contribution in [0.25, 0.3) is 34.1 Å². The molecule has 0 aromatic carbocycles. The fraction of sp³-hybridized carbons (Fsp3) is 0.391. The van der Waals surface area contributed by atoms with E-state index in [2.05, 4.69) is 19.9 Å². The summed E-state index contributed by atoms with van der Waals surface area (Å²) in [6.07, 6.45) is -1.66. The summed E-state index contributed by atoms with van der Waals surface area (Å²) in [6.45, 7) is 1.46. The van der Waals surface area contributed by atoms with E-state index >= 15 is 0 Å². The highest BCUT2D eigenvalue weighted by Gasteiger charge is 2.59. The van der Waals surface area contributed by atoms with Gasteiger partial charge in [0.25, 0.3) is 0 Å². The normalized spacial score (nSPS) is 15.0. The van der Waals surface area contributed by atoms with Crippen molar-refractivity contribution in [2.24, 2.45) is 14.1 Å². The predicted molar refractivity (Wildman–Crippen MR) is 124 cm³/mol. The number of pyridine rings is 2. The van der Waals surface area contributed by atoms with Gasteiger partial charge >= 0.3 is 12.1 Å². The maximum Gasteiger partial charge on any atom is 0.458 e. The van der Waals surface area contributed by atoms with E-state index in [9.17, 15) is 30.4 Å². The molecule has 4 aromatic heterocycles. The van der Waals surface area contributed by atoms with Crippen molar-refractivity contribution in [1.29, 1.82) is 0 Å². The molecule has 0 N–H and O–H groups in total. The minimum absolute atomic E-state index is 0.0146. The number of imidazole rings is 2. The molecule has 1 aliphatic carbocycles. The second kappa shape index (κ2) is 8.30. The quantitative estimate of drug-likeness (QED) is 0.328. The molecule has 0 spiro atoms. The first-order chi connectivity index (χ1) is 17.3. The van der Waals surface area contributed by atoms with Crippen LogP contribution < -0.4 is 0 Å². The summed E-state index contributed by atoms with van der Waals surface area (Å²) >= 11 is 0. The molecule has 0 amide bonds. The summed E-state index contributed by atoms with van der Waals surface area (Å²) in [5, 5.41) is -0.171. The van der Waals surface area contributed by atoms with E-state index in [1.807, 2.05) is 6.07 Å². The molecule has 4 aromatic rings. The smallest absolute Gasteiger partial charge is 0.318 e. The van der Waals surface area contributed by atoms with Gasteiger partial charge in [-0.05, 0) is 31.0 Å². The van der Waals surface area contributed by atoms with Crippen molar-refractivity contribution in [2.45, 2.75) is 42.8 Å². The summed E-state index contributed by atoms with van der Waals surface area (Å²) in [6, 6.07) is 4.24. The first-order valence-electron chi connectivity index (χ1n) is 11.3. The van der Waals surface area contributed by atoms with Crippen LogP contribution in [0, 0.1) is 0 Å². The fourth-order valence-electron chi connectivity index (χ4n) is 4.16. The van der Waals surface area contributed by atoms with Crippen molar-refractivity contribution in [3.63, 3.8) is 0 Å². The Labute approximate surface area is 208 Å². The summed E-state index contributed by atoms with van der Waals surface area (Å²) < 4.78 is 95.3. The van der Waals surface area contributed by atoms with Crippen LogP contribution in [0.1, 0.15) is 36.9 Å². The van der Waals surface area contributed by atoms with Crippen LogP contribution in [0.5, 0.6) is 0 Å². The van der Waals surface area contributed by atoms with Crippen molar-refractivity contribution in [3.05, 3.63) is 41.9 Å². The Balaban J connectivity index is 1.69. The average Bonchev–Trinajstić information content (AvgIpc) is 3.56. The van der Waals surface area contributed by atoms with Crippen molar-refractivity contribution < 1.29 is 30.4 Å². The van der Waals surface area contributed by atoms with Gasteiger partial charge in [-0.2, -0.15) is 22.0 Å². The molecule has 37 heavy (non-hydrogen) atoms. The van der Waals surface area contributed by atoms with E-state index in [1.165, 1.54) is 30.2 Å². The number of rotatable bonds is 6. The van der Waals surface area contributed by atoms with Gasteiger partial charge in [-0.1, -0.05) is 6.92 Å². The van der Waals surface area contributed by atoms with Gasteiger partial charge in [0.15, 0.2) is 26.3 Å². The summed E-state index contributed by atoms with van der Waals surface area (Å²) in [5.74, 6) is -4.75. The molecule has 14 heteroatoms. The molecule has 0 saturated heterocycles. The SMILES string of the molecule is CCS(=O)(=O)c1c(-c2nc3cc(C(F)(F)C(F)(F)F)cnc3n2C)nc(-c2ccc(C3CC3)nc2)n1C. The van der Waals surface area contributed by atoms with E-state index in [1.54, 1.807) is 12.3 Å². The molecule has 0 bridgehead atoms. The second-order valence-electron chi connectivity index (χ2n) is 8.93. The van der Waals surface area contributed by atoms with Crippen LogP contribution in [-0.4, -0.2) is 49.4 Å². The number of hydrogen-bond acceptors (Lipinski definition) is 6. The van der Waals surface area contributed by atoms with Gasteiger partial charge in [0.1, 0.15) is 17.0 Å². The number of sulfone groups is 1. The van der Waals surface area contributed by atoms with Gasteiger partial charge in [0.05, 0.1) is 11.3 Å². The van der Waals surface area contributed by atoms with Crippen molar-refractivity contribution in [2.75, 3.05) is 5.75 Å². The molecule has 1 saturated carbocycles. The Bertz CT molecular complexity index is 1620. The number of alkyl halides is 5. The van der Waals surface area contributed by atoms with Gasteiger partial charge in [-0.3, -0.25) is 4.98 Å². The Morgan fingerprint density at radius 2 is 1.68 bits per heavy atom. The third kappa shape index (κ3) is 4.06. The van der Waals surface area contributed by atoms with Crippen LogP contribution in [-0.2, 0) is 29.9 Å². The summed E-state index contributed by atoms with van der Waals surface area (Å²) in [7, 11) is -0.908. The standard InChI is InChI=1S/C23H21F5N6O2S/c1-4-37(35,36)21-17(32-18(34(21)3)13-7-8-15(29-10-13)12-5-6-12)20-31-16-9-14(11-30-19(16)33(20)2)22(24,25)23(26,27)28/h7-12H,4-6H2,1-3H3. The molecule has 0 unspecified atom stereocenters. The van der Waals surface area contributed by atoms with Crippen LogP contribution in [0.4, 0.5) is 22.0 Å². The minimum Gasteiger partial charge on any atom is -0.318 e. The van der Waals surface area contributed by atoms with Gasteiger partial charge in [-0.25, -0.2) is 23.4 Å². The zero-order chi connectivity index (χ0) is 26.9. The number of nitrogens with zero attached hydrogens (tertiary/aromatic N) is 6. The maximum atomic E-state index is 13.9. The van der Waals surface area contributed by atoms with Crippen LogP contribution >= 0.6 is 0 Å². The summed E-state index contributed by atoms with van der Waals surface area (Å²) in [4.78, 5) is 16.9. The maximum absolute atomic E-state index is 13.9. The number of fused-ring (bicyclic) bond motifs is 1. The Hall–Kier alpha value is -3.42. The highest BCUT2D eigenvalue weighted by Crippen LogP contribution is 2.44. The number of aryl methyl sites for hydroxylation is 1.